The number of Topliss-reactive ketones (excluding diaryl/α,β-unsaturated/α-hetero) is 1. The third-order valence-electron chi connectivity index (χ3n) is 7.37. The molecule has 40 heavy (non-hydrogen) atoms. The first kappa shape index (κ1) is 28.1. The third kappa shape index (κ3) is 6.80. The predicted molar refractivity (Wildman–Crippen MR) is 149 cm³/mol. The number of hydrogen-bond acceptors (Lipinski definition) is 9. The first-order valence-electron chi connectivity index (χ1n) is 13.6. The number of nitrogens with one attached hydrogen (secondary N) is 1. The van der Waals surface area contributed by atoms with Crippen LogP contribution in [0.1, 0.15) is 53.4 Å². The molecule has 1 saturated heterocycles. The van der Waals surface area contributed by atoms with Crippen LogP contribution in [0.2, 0.25) is 5.02 Å². The number of nitrogens with zero attached hydrogens (tertiary/aromatic N) is 4. The minimum absolute atomic E-state index is 0.0328. The number of rotatable bonds is 12. The third-order valence-corrected chi connectivity index (χ3v) is 7.79. The standard InChI is InChI=1S/C29H34ClN5O5/c1-2-28(38)35-14-21(15-35)33-27-11-19(7-9-32-27)25(37)5-4-22(36)16-34-10-8-24-20(13-34)3-6-26(29(24)30)39-17-23-12-31-18-40-23/h3,6-7,9,11-12,18,21-22,36H,2,4-5,8,10,13-17H2,1H3,(H,32,33)/t22-/m0/s1. The van der Waals surface area contributed by atoms with Crippen LogP contribution in [0.25, 0.3) is 0 Å². The molecule has 0 bridgehead atoms. The summed E-state index contributed by atoms with van der Waals surface area (Å²) in [6.07, 6.45) is 5.83. The lowest BCUT2D eigenvalue weighted by atomic mass is 9.98. The molecule has 10 nitrogen and oxygen atoms in total. The summed E-state index contributed by atoms with van der Waals surface area (Å²) in [5.74, 6) is 1.97. The van der Waals surface area contributed by atoms with Gasteiger partial charge in [0.2, 0.25) is 5.91 Å². The molecule has 0 aliphatic carbocycles. The van der Waals surface area contributed by atoms with Crippen molar-refractivity contribution in [3.05, 3.63) is 70.5 Å². The number of fused-ring (bicyclic) bond motifs is 1. The van der Waals surface area contributed by atoms with Gasteiger partial charge in [-0.05, 0) is 42.2 Å². The SMILES string of the molecule is CCC(=O)N1CC(Nc2cc(C(=O)CC[C@H](O)CN3CCc4c(ccc(OCc5cnco5)c4Cl)C3)ccn2)C1. The maximum atomic E-state index is 12.8. The van der Waals surface area contributed by atoms with E-state index in [0.717, 1.165) is 24.1 Å². The summed E-state index contributed by atoms with van der Waals surface area (Å²) in [6.45, 7) is 5.30. The monoisotopic (exact) mass is 567 g/mol. The highest BCUT2D eigenvalue weighted by molar-refractivity contribution is 6.33. The van der Waals surface area contributed by atoms with Gasteiger partial charge < -0.3 is 24.5 Å². The molecule has 5 rings (SSSR count). The fraction of sp³-hybridized carbons (Fsp3) is 0.448. The predicted octanol–water partition coefficient (Wildman–Crippen LogP) is 3.72. The molecule has 11 heteroatoms. The first-order valence-corrected chi connectivity index (χ1v) is 14.0. The van der Waals surface area contributed by atoms with Crippen molar-refractivity contribution in [1.29, 1.82) is 0 Å². The number of likely N-dealkylation sites (tertiary alicyclic amines) is 1. The second-order valence-corrected chi connectivity index (χ2v) is 10.7. The summed E-state index contributed by atoms with van der Waals surface area (Å²) < 4.78 is 11.0. The van der Waals surface area contributed by atoms with Gasteiger partial charge in [0.25, 0.3) is 0 Å². The molecule has 2 aliphatic heterocycles. The fourth-order valence-electron chi connectivity index (χ4n) is 5.10. The van der Waals surface area contributed by atoms with Crippen molar-refractivity contribution in [2.24, 2.45) is 0 Å². The molecule has 0 saturated carbocycles. The zero-order chi connectivity index (χ0) is 28.1. The Hall–Kier alpha value is -3.47. The molecule has 2 N–H and O–H groups in total. The number of ketones is 1. The van der Waals surface area contributed by atoms with E-state index in [-0.39, 0.29) is 30.8 Å². The number of anilines is 1. The Morgan fingerprint density at radius 2 is 2.15 bits per heavy atom. The van der Waals surface area contributed by atoms with Crippen LogP contribution in [0.15, 0.2) is 47.5 Å². The molecule has 1 atom stereocenters. The van der Waals surface area contributed by atoms with Crippen LogP contribution < -0.4 is 10.1 Å². The van der Waals surface area contributed by atoms with Crippen LogP contribution in [-0.4, -0.2) is 74.9 Å². The van der Waals surface area contributed by atoms with Crippen LogP contribution in [0.4, 0.5) is 5.82 Å². The molecule has 0 radical (unpaired) electrons. The van der Waals surface area contributed by atoms with Gasteiger partial charge in [0.1, 0.15) is 18.2 Å². The lowest BCUT2D eigenvalue weighted by molar-refractivity contribution is -0.134. The molecular weight excluding hydrogens is 534 g/mol. The summed E-state index contributed by atoms with van der Waals surface area (Å²) in [4.78, 5) is 36.7. The van der Waals surface area contributed by atoms with Crippen molar-refractivity contribution in [2.75, 3.05) is 31.5 Å². The van der Waals surface area contributed by atoms with E-state index < -0.39 is 6.10 Å². The van der Waals surface area contributed by atoms with Gasteiger partial charge in [0.15, 0.2) is 17.9 Å². The van der Waals surface area contributed by atoms with Crippen molar-refractivity contribution in [2.45, 2.75) is 57.9 Å². The van der Waals surface area contributed by atoms with E-state index in [1.807, 2.05) is 19.1 Å². The second kappa shape index (κ2) is 12.8. The van der Waals surface area contributed by atoms with Crippen LogP contribution in [0.3, 0.4) is 0 Å². The maximum Gasteiger partial charge on any atom is 0.222 e. The Balaban J connectivity index is 1.07. The van der Waals surface area contributed by atoms with E-state index in [1.54, 1.807) is 29.4 Å². The van der Waals surface area contributed by atoms with E-state index in [4.69, 9.17) is 20.8 Å². The van der Waals surface area contributed by atoms with Gasteiger partial charge in [0, 0.05) is 57.3 Å². The van der Waals surface area contributed by atoms with Gasteiger partial charge in [-0.3, -0.25) is 14.5 Å². The summed E-state index contributed by atoms with van der Waals surface area (Å²) in [5, 5.41) is 14.6. The molecule has 0 unspecified atom stereocenters. The molecule has 1 amide bonds. The van der Waals surface area contributed by atoms with Gasteiger partial charge in [-0.15, -0.1) is 0 Å². The Kier molecular flexibility index (Phi) is 8.98. The van der Waals surface area contributed by atoms with Gasteiger partial charge in [-0.1, -0.05) is 24.6 Å². The number of aliphatic hydroxyl groups is 1. The topological polar surface area (TPSA) is 121 Å². The van der Waals surface area contributed by atoms with E-state index in [1.165, 1.54) is 6.39 Å². The van der Waals surface area contributed by atoms with Crippen molar-refractivity contribution < 1.29 is 23.8 Å². The van der Waals surface area contributed by atoms with E-state index in [2.05, 4.69) is 20.2 Å². The molecule has 0 spiro atoms. The van der Waals surface area contributed by atoms with Crippen molar-refractivity contribution in [3.63, 3.8) is 0 Å². The van der Waals surface area contributed by atoms with E-state index in [0.29, 0.717) is 66.9 Å². The lowest BCUT2D eigenvalue weighted by Crippen LogP contribution is -2.56. The largest absolute Gasteiger partial charge is 0.484 e. The Labute approximate surface area is 238 Å². The molecular formula is C29H34ClN5O5. The minimum atomic E-state index is -0.623. The second-order valence-electron chi connectivity index (χ2n) is 10.3. The number of halogens is 1. The number of amides is 1. The number of β-amino-alcohol motifs (C(OH)–C–C–N with tert-alkyl or cyclic N) is 1. The van der Waals surface area contributed by atoms with Crippen LogP contribution in [0.5, 0.6) is 5.75 Å². The molecule has 1 aromatic carbocycles. The normalized spacial score (nSPS) is 16.2. The number of ether oxygens (including phenoxy) is 1. The van der Waals surface area contributed by atoms with Crippen LogP contribution >= 0.6 is 11.6 Å². The number of aliphatic hydroxyl groups excluding tert-OH is 1. The molecule has 1 fully saturated rings. The zero-order valence-corrected chi connectivity index (χ0v) is 23.3. The number of benzene rings is 1. The van der Waals surface area contributed by atoms with Gasteiger partial charge in [-0.25, -0.2) is 9.97 Å². The number of carbonyl (C=O) groups excluding carboxylic acids is 2. The van der Waals surface area contributed by atoms with Gasteiger partial charge in [-0.2, -0.15) is 0 Å². The quantitative estimate of drug-likeness (QED) is 0.315. The lowest BCUT2D eigenvalue weighted by Gasteiger charge is -2.39. The van der Waals surface area contributed by atoms with E-state index >= 15 is 0 Å². The number of aromatic nitrogens is 2. The Morgan fingerprint density at radius 3 is 2.92 bits per heavy atom. The van der Waals surface area contributed by atoms with Gasteiger partial charge >= 0.3 is 0 Å². The highest BCUT2D eigenvalue weighted by Crippen LogP contribution is 2.34. The summed E-state index contributed by atoms with van der Waals surface area (Å²) >= 11 is 6.64. The maximum absolute atomic E-state index is 12.8. The smallest absolute Gasteiger partial charge is 0.222 e. The highest BCUT2D eigenvalue weighted by atomic mass is 35.5. The summed E-state index contributed by atoms with van der Waals surface area (Å²) in [7, 11) is 0. The summed E-state index contributed by atoms with van der Waals surface area (Å²) in [6, 6.07) is 7.45. The fourth-order valence-corrected chi connectivity index (χ4v) is 5.43. The Morgan fingerprint density at radius 1 is 1.30 bits per heavy atom. The first-order chi connectivity index (χ1) is 19.4. The molecule has 212 valence electrons. The molecule has 2 aliphatic rings. The van der Waals surface area contributed by atoms with Crippen LogP contribution in [0, 0.1) is 0 Å². The van der Waals surface area contributed by atoms with Crippen molar-refractivity contribution in [3.8, 4) is 5.75 Å². The average molecular weight is 568 g/mol. The Bertz CT molecular complexity index is 1330. The van der Waals surface area contributed by atoms with Crippen molar-refractivity contribution in [1.82, 2.24) is 19.8 Å². The number of hydrogen-bond donors (Lipinski definition) is 2. The van der Waals surface area contributed by atoms with Crippen molar-refractivity contribution >= 4 is 29.1 Å². The number of pyridine rings is 1. The molecule has 2 aromatic heterocycles. The summed E-state index contributed by atoms with van der Waals surface area (Å²) in [5.41, 5.74) is 2.73. The van der Waals surface area contributed by atoms with Gasteiger partial charge in [0.05, 0.1) is 23.4 Å². The molecule has 4 heterocycles. The zero-order valence-electron chi connectivity index (χ0n) is 22.5. The number of carbonyl (C=O) groups is 2. The minimum Gasteiger partial charge on any atom is -0.484 e. The van der Waals surface area contributed by atoms with E-state index in [9.17, 15) is 14.7 Å². The average Bonchev–Trinajstić information content (AvgIpc) is 3.46. The number of oxazole rings is 1. The molecule has 3 aromatic rings. The van der Waals surface area contributed by atoms with Crippen LogP contribution in [-0.2, 0) is 24.4 Å². The highest BCUT2D eigenvalue weighted by Gasteiger charge is 2.30.